The molecule has 0 amide bonds. The minimum absolute atomic E-state index is 0.0445. The van der Waals surface area contributed by atoms with Crippen molar-refractivity contribution in [3.8, 4) is 0 Å². The molecule has 0 bridgehead atoms. The number of pyridine rings is 1. The van der Waals surface area contributed by atoms with Crippen molar-refractivity contribution in [3.05, 3.63) is 64.5 Å². The van der Waals surface area contributed by atoms with E-state index in [1.165, 1.54) is 0 Å². The maximum absolute atomic E-state index is 13.4. The van der Waals surface area contributed by atoms with Gasteiger partial charge in [0.05, 0.1) is 11.8 Å². The molecule has 0 saturated carbocycles. The van der Waals surface area contributed by atoms with Crippen molar-refractivity contribution in [3.63, 3.8) is 0 Å². The number of rotatable bonds is 3. The van der Waals surface area contributed by atoms with Crippen molar-refractivity contribution >= 4 is 5.78 Å². The van der Waals surface area contributed by atoms with Crippen LogP contribution in [-0.2, 0) is 6.42 Å². The molecule has 98 valence electrons. The van der Waals surface area contributed by atoms with Crippen LogP contribution in [0.15, 0.2) is 30.5 Å². The second-order valence-corrected chi connectivity index (χ2v) is 4.58. The molecule has 2 rings (SSSR count). The lowest BCUT2D eigenvalue weighted by molar-refractivity contribution is 0.0988. The average Bonchev–Trinajstić information content (AvgIpc) is 2.30. The number of carbonyl (C=O) groups excluding carboxylic acids is 1. The van der Waals surface area contributed by atoms with Crippen molar-refractivity contribution in [1.29, 1.82) is 0 Å². The van der Waals surface area contributed by atoms with Crippen LogP contribution in [0, 0.1) is 25.6 Å². The number of benzene rings is 1. The van der Waals surface area contributed by atoms with Gasteiger partial charge in [0.15, 0.2) is 11.6 Å². The Morgan fingerprint density at radius 2 is 1.74 bits per heavy atom. The molecule has 19 heavy (non-hydrogen) atoms. The van der Waals surface area contributed by atoms with Crippen LogP contribution in [0.1, 0.15) is 27.0 Å². The second kappa shape index (κ2) is 5.26. The van der Waals surface area contributed by atoms with E-state index >= 15 is 0 Å². The van der Waals surface area contributed by atoms with E-state index in [2.05, 4.69) is 4.98 Å². The molecule has 0 fully saturated rings. The maximum atomic E-state index is 13.4. The van der Waals surface area contributed by atoms with Gasteiger partial charge in [-0.25, -0.2) is 9.37 Å². The molecule has 0 aliphatic carbocycles. The van der Waals surface area contributed by atoms with E-state index in [-0.39, 0.29) is 12.0 Å². The predicted octanol–water partition coefficient (Wildman–Crippen LogP) is 3.40. The Balaban J connectivity index is 2.28. The zero-order chi connectivity index (χ0) is 14.0. The first-order valence-electron chi connectivity index (χ1n) is 5.87. The van der Waals surface area contributed by atoms with E-state index in [1.54, 1.807) is 0 Å². The fraction of sp³-hybridized carbons (Fsp3) is 0.200. The molecule has 2 nitrogen and oxygen atoms in total. The summed E-state index contributed by atoms with van der Waals surface area (Å²) in [7, 11) is 0. The van der Waals surface area contributed by atoms with Crippen LogP contribution in [0.4, 0.5) is 8.78 Å². The number of nitrogens with zero attached hydrogens (tertiary/aromatic N) is 1. The Bertz CT molecular complexity index is 618. The number of aryl methyl sites for hydroxylation is 2. The summed E-state index contributed by atoms with van der Waals surface area (Å²) in [6, 6.07) is 6.54. The summed E-state index contributed by atoms with van der Waals surface area (Å²) in [5.74, 6) is -2.11. The third-order valence-electron chi connectivity index (χ3n) is 2.77. The lowest BCUT2D eigenvalue weighted by Crippen LogP contribution is -2.08. The monoisotopic (exact) mass is 261 g/mol. The van der Waals surface area contributed by atoms with Crippen molar-refractivity contribution in [2.24, 2.45) is 0 Å². The molecule has 0 saturated heterocycles. The van der Waals surface area contributed by atoms with Crippen LogP contribution >= 0.6 is 0 Å². The van der Waals surface area contributed by atoms with Crippen LogP contribution in [0.5, 0.6) is 0 Å². The average molecular weight is 261 g/mol. The molecule has 0 atom stereocenters. The van der Waals surface area contributed by atoms with Gasteiger partial charge in [-0.1, -0.05) is 29.3 Å². The van der Waals surface area contributed by atoms with Gasteiger partial charge in [-0.05, 0) is 19.4 Å². The fourth-order valence-electron chi connectivity index (χ4n) is 2.08. The number of halogens is 2. The van der Waals surface area contributed by atoms with Gasteiger partial charge in [-0.15, -0.1) is 0 Å². The molecular formula is C15H13F2NO. The number of aromatic nitrogens is 1. The molecule has 2 aromatic rings. The highest BCUT2D eigenvalue weighted by Crippen LogP contribution is 2.14. The van der Waals surface area contributed by atoms with Crippen LogP contribution in [0.25, 0.3) is 0 Å². The molecule has 4 heteroatoms. The summed E-state index contributed by atoms with van der Waals surface area (Å²) in [6.45, 7) is 3.85. The van der Waals surface area contributed by atoms with E-state index in [0.29, 0.717) is 0 Å². The Labute approximate surface area is 110 Å². The highest BCUT2D eigenvalue weighted by Gasteiger charge is 2.14. The Hall–Kier alpha value is -2.10. The topological polar surface area (TPSA) is 30.0 Å². The summed E-state index contributed by atoms with van der Waals surface area (Å²) >= 11 is 0. The highest BCUT2D eigenvalue weighted by atomic mass is 19.1. The van der Waals surface area contributed by atoms with Crippen molar-refractivity contribution in [2.75, 3.05) is 0 Å². The zero-order valence-electron chi connectivity index (χ0n) is 10.7. The van der Waals surface area contributed by atoms with Gasteiger partial charge in [-0.2, -0.15) is 4.39 Å². The normalized spacial score (nSPS) is 10.5. The molecule has 1 heterocycles. The molecule has 0 aliphatic heterocycles. The highest BCUT2D eigenvalue weighted by molar-refractivity contribution is 5.97. The molecule has 1 aromatic heterocycles. The van der Waals surface area contributed by atoms with Crippen molar-refractivity contribution in [2.45, 2.75) is 20.3 Å². The summed E-state index contributed by atoms with van der Waals surface area (Å²) < 4.78 is 26.4. The molecule has 0 unspecified atom stereocenters. The van der Waals surface area contributed by atoms with Gasteiger partial charge in [0.25, 0.3) is 0 Å². The van der Waals surface area contributed by atoms with Crippen LogP contribution in [-0.4, -0.2) is 10.8 Å². The van der Waals surface area contributed by atoms with Crippen LogP contribution in [0.3, 0.4) is 0 Å². The second-order valence-electron chi connectivity index (χ2n) is 4.58. The number of ketones is 1. The Kier molecular flexibility index (Phi) is 3.69. The number of hydrogen-bond donors (Lipinski definition) is 0. The van der Waals surface area contributed by atoms with Gasteiger partial charge in [0.1, 0.15) is 0 Å². The number of carbonyl (C=O) groups is 1. The summed E-state index contributed by atoms with van der Waals surface area (Å²) in [5, 5.41) is 0. The molecule has 1 aromatic carbocycles. The summed E-state index contributed by atoms with van der Waals surface area (Å²) in [4.78, 5) is 15.1. The smallest absolute Gasteiger partial charge is 0.213 e. The van der Waals surface area contributed by atoms with Gasteiger partial charge >= 0.3 is 0 Å². The minimum Gasteiger partial charge on any atom is -0.294 e. The van der Waals surface area contributed by atoms with Gasteiger partial charge in [0, 0.05) is 12.5 Å². The molecule has 0 aliphatic rings. The largest absolute Gasteiger partial charge is 0.294 e. The fourth-order valence-corrected chi connectivity index (χ4v) is 2.08. The first-order chi connectivity index (χ1) is 8.95. The lowest BCUT2D eigenvalue weighted by Gasteiger charge is -2.05. The van der Waals surface area contributed by atoms with E-state index in [4.69, 9.17) is 0 Å². The van der Waals surface area contributed by atoms with Crippen molar-refractivity contribution < 1.29 is 13.6 Å². The van der Waals surface area contributed by atoms with E-state index in [0.717, 1.165) is 29.0 Å². The van der Waals surface area contributed by atoms with E-state index in [1.807, 2.05) is 32.0 Å². The lowest BCUT2D eigenvalue weighted by atomic mass is 10.00. The summed E-state index contributed by atoms with van der Waals surface area (Å²) in [6.07, 6.45) is 0.771. The quantitative estimate of drug-likeness (QED) is 0.626. The Morgan fingerprint density at radius 1 is 1.11 bits per heavy atom. The van der Waals surface area contributed by atoms with Gasteiger partial charge < -0.3 is 0 Å². The molecule has 0 spiro atoms. The molecular weight excluding hydrogens is 248 g/mol. The molecule has 0 radical (unpaired) electrons. The minimum atomic E-state index is -0.856. The Morgan fingerprint density at radius 3 is 2.37 bits per heavy atom. The number of Topliss-reactive ketones (excluding diaryl/α,β-unsaturated/α-hetero) is 1. The van der Waals surface area contributed by atoms with E-state index in [9.17, 15) is 13.6 Å². The first kappa shape index (κ1) is 13.3. The molecule has 0 N–H and O–H groups in total. The SMILES string of the molecule is Cc1cc(C)cc(CC(=O)c2cc(F)ncc2F)c1. The number of hydrogen-bond acceptors (Lipinski definition) is 2. The maximum Gasteiger partial charge on any atom is 0.213 e. The van der Waals surface area contributed by atoms with Crippen LogP contribution < -0.4 is 0 Å². The zero-order valence-corrected chi connectivity index (χ0v) is 10.7. The van der Waals surface area contributed by atoms with Crippen molar-refractivity contribution in [1.82, 2.24) is 4.98 Å². The first-order valence-corrected chi connectivity index (χ1v) is 5.87. The van der Waals surface area contributed by atoms with Gasteiger partial charge in [-0.3, -0.25) is 4.79 Å². The van der Waals surface area contributed by atoms with E-state index < -0.39 is 17.5 Å². The van der Waals surface area contributed by atoms with Crippen LogP contribution in [0.2, 0.25) is 0 Å². The third-order valence-corrected chi connectivity index (χ3v) is 2.77. The predicted molar refractivity (Wildman–Crippen MR) is 68.1 cm³/mol. The summed E-state index contributed by atoms with van der Waals surface area (Å²) in [5.41, 5.74) is 2.60. The van der Waals surface area contributed by atoms with Gasteiger partial charge in [0.2, 0.25) is 5.95 Å². The third kappa shape index (κ3) is 3.22. The standard InChI is InChI=1S/C15H13F2NO/c1-9-3-10(2)5-11(4-9)6-14(19)12-7-15(17)18-8-13(12)16/h3-5,7-8H,6H2,1-2H3.